The number of carbonyl (C=O) groups is 1. The number of benzene rings is 1. The van der Waals surface area contributed by atoms with Crippen LogP contribution in [0.15, 0.2) is 36.5 Å². The first-order valence-corrected chi connectivity index (χ1v) is 8.63. The van der Waals surface area contributed by atoms with E-state index in [1.54, 1.807) is 16.9 Å². The molecule has 0 aliphatic carbocycles. The third-order valence-corrected chi connectivity index (χ3v) is 4.22. The number of aryl methyl sites for hydroxylation is 1. The minimum Gasteiger partial charge on any atom is -0.308 e. The van der Waals surface area contributed by atoms with E-state index in [0.717, 1.165) is 15.8 Å². The van der Waals surface area contributed by atoms with Gasteiger partial charge in [0.25, 0.3) is 6.43 Å². The van der Waals surface area contributed by atoms with E-state index in [0.29, 0.717) is 6.54 Å². The molecule has 0 fully saturated rings. The number of alkyl halides is 2. The molecule has 3 aromatic rings. The van der Waals surface area contributed by atoms with Crippen molar-refractivity contribution in [2.24, 2.45) is 0 Å². The van der Waals surface area contributed by atoms with Crippen molar-refractivity contribution >= 4 is 17.4 Å². The lowest BCUT2D eigenvalue weighted by atomic mass is 10.1. The first-order valence-electron chi connectivity index (χ1n) is 8.63. The number of nitrogens with zero attached hydrogens (tertiary/aromatic N) is 5. The van der Waals surface area contributed by atoms with Gasteiger partial charge in [0.2, 0.25) is 11.6 Å². The second-order valence-electron chi connectivity index (χ2n) is 6.47. The van der Waals surface area contributed by atoms with Crippen molar-refractivity contribution in [1.82, 2.24) is 19.6 Å². The number of hydrogen-bond donors (Lipinski definition) is 1. The van der Waals surface area contributed by atoms with Gasteiger partial charge in [0.15, 0.2) is 5.82 Å². The SMILES string of the molecule is Cc1cccc(Cn2ccc(NC(=O)Cn3nc(C(F)F)c([N+](=O)[O-])c3C)n2)c1. The molecule has 0 saturated heterocycles. The van der Waals surface area contributed by atoms with Gasteiger partial charge in [-0.1, -0.05) is 29.8 Å². The maximum atomic E-state index is 13.0. The molecule has 0 saturated carbocycles. The molecule has 11 heteroatoms. The monoisotopic (exact) mass is 404 g/mol. The summed E-state index contributed by atoms with van der Waals surface area (Å²) < 4.78 is 28.5. The molecule has 0 bridgehead atoms. The van der Waals surface area contributed by atoms with E-state index in [1.807, 2.05) is 31.2 Å². The van der Waals surface area contributed by atoms with E-state index in [-0.39, 0.29) is 11.5 Å². The zero-order valence-electron chi connectivity index (χ0n) is 15.7. The third kappa shape index (κ3) is 4.62. The summed E-state index contributed by atoms with van der Waals surface area (Å²) >= 11 is 0. The average Bonchev–Trinajstić information content (AvgIpc) is 3.19. The van der Waals surface area contributed by atoms with Gasteiger partial charge in [0.1, 0.15) is 12.2 Å². The highest BCUT2D eigenvalue weighted by Crippen LogP contribution is 2.30. The first kappa shape index (κ1) is 20.1. The van der Waals surface area contributed by atoms with E-state index in [4.69, 9.17) is 0 Å². The summed E-state index contributed by atoms with van der Waals surface area (Å²) in [6.07, 6.45) is -1.42. The smallest absolute Gasteiger partial charge is 0.308 e. The summed E-state index contributed by atoms with van der Waals surface area (Å²) in [5.74, 6) is -0.317. The second kappa shape index (κ2) is 8.17. The van der Waals surface area contributed by atoms with Gasteiger partial charge in [-0.15, -0.1) is 0 Å². The van der Waals surface area contributed by atoms with Gasteiger partial charge in [-0.25, -0.2) is 8.78 Å². The Balaban J connectivity index is 1.68. The number of aromatic nitrogens is 4. The highest BCUT2D eigenvalue weighted by molar-refractivity contribution is 5.89. The van der Waals surface area contributed by atoms with Crippen LogP contribution in [0.2, 0.25) is 0 Å². The molecule has 0 unspecified atom stereocenters. The van der Waals surface area contributed by atoms with Gasteiger partial charge in [0.05, 0.1) is 11.5 Å². The van der Waals surface area contributed by atoms with Crippen LogP contribution in [-0.2, 0) is 17.9 Å². The highest BCUT2D eigenvalue weighted by atomic mass is 19.3. The molecule has 152 valence electrons. The van der Waals surface area contributed by atoms with E-state index in [1.165, 1.54) is 6.92 Å². The number of nitrogens with one attached hydrogen (secondary N) is 1. The van der Waals surface area contributed by atoms with Crippen molar-refractivity contribution < 1.29 is 18.5 Å². The zero-order chi connectivity index (χ0) is 21.1. The molecule has 9 nitrogen and oxygen atoms in total. The maximum Gasteiger partial charge on any atom is 0.319 e. The molecule has 0 atom stereocenters. The Bertz CT molecular complexity index is 1060. The first-order chi connectivity index (χ1) is 13.7. The normalized spacial score (nSPS) is 11.1. The molecule has 1 aromatic carbocycles. The predicted octanol–water partition coefficient (Wildman–Crippen LogP) is 3.23. The van der Waals surface area contributed by atoms with Gasteiger partial charge >= 0.3 is 5.69 Å². The van der Waals surface area contributed by atoms with Crippen molar-refractivity contribution in [3.63, 3.8) is 0 Å². The molecule has 1 amide bonds. The van der Waals surface area contributed by atoms with Gasteiger partial charge in [-0.05, 0) is 19.4 Å². The number of carbonyl (C=O) groups excluding carboxylic acids is 1. The number of nitro groups is 1. The highest BCUT2D eigenvalue weighted by Gasteiger charge is 2.31. The molecule has 2 heterocycles. The van der Waals surface area contributed by atoms with Gasteiger partial charge in [0, 0.05) is 12.3 Å². The Morgan fingerprint density at radius 3 is 2.66 bits per heavy atom. The summed E-state index contributed by atoms with van der Waals surface area (Å²) in [6.45, 7) is 3.31. The molecule has 0 radical (unpaired) electrons. The topological polar surface area (TPSA) is 108 Å². The fraction of sp³-hybridized carbons (Fsp3) is 0.278. The van der Waals surface area contributed by atoms with Crippen LogP contribution in [0.4, 0.5) is 20.3 Å². The van der Waals surface area contributed by atoms with Crippen LogP contribution in [0.1, 0.15) is 28.9 Å². The Kier molecular flexibility index (Phi) is 5.66. The summed E-state index contributed by atoms with van der Waals surface area (Å²) in [4.78, 5) is 22.3. The van der Waals surface area contributed by atoms with Crippen LogP contribution in [-0.4, -0.2) is 30.4 Å². The molecule has 0 aliphatic heterocycles. The molecule has 29 heavy (non-hydrogen) atoms. The fourth-order valence-corrected chi connectivity index (χ4v) is 2.92. The molecule has 1 N–H and O–H groups in total. The number of anilines is 1. The van der Waals surface area contributed by atoms with E-state index in [2.05, 4.69) is 15.5 Å². The van der Waals surface area contributed by atoms with Crippen LogP contribution >= 0.6 is 0 Å². The number of halogens is 2. The van der Waals surface area contributed by atoms with Crippen molar-refractivity contribution in [2.45, 2.75) is 33.4 Å². The fourth-order valence-electron chi connectivity index (χ4n) is 2.92. The lowest BCUT2D eigenvalue weighted by Crippen LogP contribution is -2.21. The Hall–Kier alpha value is -3.63. The van der Waals surface area contributed by atoms with Crippen LogP contribution < -0.4 is 5.32 Å². The van der Waals surface area contributed by atoms with Crippen LogP contribution in [0.3, 0.4) is 0 Å². The predicted molar refractivity (Wildman–Crippen MR) is 99.7 cm³/mol. The van der Waals surface area contributed by atoms with Crippen molar-refractivity contribution in [2.75, 3.05) is 5.32 Å². The van der Waals surface area contributed by atoms with Crippen molar-refractivity contribution in [3.05, 3.63) is 69.2 Å². The molecule has 0 aliphatic rings. The molecule has 2 aromatic heterocycles. The minimum atomic E-state index is -3.12. The molecule has 3 rings (SSSR count). The molecule has 0 spiro atoms. The average molecular weight is 404 g/mol. The second-order valence-corrected chi connectivity index (χ2v) is 6.47. The molecular formula is C18H18F2N6O3. The summed E-state index contributed by atoms with van der Waals surface area (Å²) in [5, 5.41) is 21.3. The third-order valence-electron chi connectivity index (χ3n) is 4.22. The Labute approximate surface area is 164 Å². The van der Waals surface area contributed by atoms with E-state index < -0.39 is 35.2 Å². The largest absolute Gasteiger partial charge is 0.319 e. The molecular weight excluding hydrogens is 386 g/mol. The summed E-state index contributed by atoms with van der Waals surface area (Å²) in [7, 11) is 0. The Morgan fingerprint density at radius 1 is 1.28 bits per heavy atom. The van der Waals surface area contributed by atoms with Crippen LogP contribution in [0.5, 0.6) is 0 Å². The number of hydrogen-bond acceptors (Lipinski definition) is 5. The van der Waals surface area contributed by atoms with Gasteiger partial charge in [-0.3, -0.25) is 24.3 Å². The zero-order valence-corrected chi connectivity index (χ0v) is 15.7. The maximum absolute atomic E-state index is 13.0. The van der Waals surface area contributed by atoms with Crippen LogP contribution in [0.25, 0.3) is 0 Å². The van der Waals surface area contributed by atoms with Gasteiger partial charge < -0.3 is 5.32 Å². The van der Waals surface area contributed by atoms with Crippen LogP contribution in [0, 0.1) is 24.0 Å². The Morgan fingerprint density at radius 2 is 2.03 bits per heavy atom. The number of rotatable bonds is 7. The lowest BCUT2D eigenvalue weighted by Gasteiger charge is -2.05. The van der Waals surface area contributed by atoms with Crippen molar-refractivity contribution in [3.8, 4) is 0 Å². The minimum absolute atomic E-state index is 0.120. The van der Waals surface area contributed by atoms with Gasteiger partial charge in [-0.2, -0.15) is 10.2 Å². The number of amides is 1. The lowest BCUT2D eigenvalue weighted by molar-refractivity contribution is -0.386. The van der Waals surface area contributed by atoms with E-state index in [9.17, 15) is 23.7 Å². The summed E-state index contributed by atoms with van der Waals surface area (Å²) in [6, 6.07) is 9.50. The van der Waals surface area contributed by atoms with Crippen molar-refractivity contribution in [1.29, 1.82) is 0 Å². The standard InChI is InChI=1S/C18H18F2N6O3/c1-11-4-3-5-13(8-11)9-24-7-6-14(22-24)21-15(27)10-25-12(2)17(26(28)29)16(23-25)18(19)20/h3-8,18H,9-10H2,1-2H3,(H,21,22,27). The van der Waals surface area contributed by atoms with E-state index >= 15 is 0 Å². The summed E-state index contributed by atoms with van der Waals surface area (Å²) in [5.41, 5.74) is 0.309. The quantitative estimate of drug-likeness (QED) is 0.480.